The van der Waals surface area contributed by atoms with Crippen LogP contribution in [0.1, 0.15) is 0 Å². The maximum Gasteiger partial charge on any atom is 0.146 e. The summed E-state index contributed by atoms with van der Waals surface area (Å²) in [6.45, 7) is 0. The molecular weight excluding hydrogens is 511 g/mol. The molecule has 0 unspecified atom stereocenters. The number of rotatable bonds is 3. The first kappa shape index (κ1) is 27.6. The van der Waals surface area contributed by atoms with Gasteiger partial charge in [0.15, 0.2) is 0 Å². The molecule has 43 heavy (non-hydrogen) atoms. The first-order valence-corrected chi connectivity index (χ1v) is 15.3. The highest BCUT2D eigenvalue weighted by Gasteiger charge is 2.27. The lowest BCUT2D eigenvalue weighted by atomic mass is 9.59. The van der Waals surface area contributed by atoms with Crippen molar-refractivity contribution < 1.29 is 0 Å². The number of benzene rings is 6. The molecule has 10 heteroatoms. The predicted molar refractivity (Wildman–Crippen MR) is 212 cm³/mol. The first-order valence-electron chi connectivity index (χ1n) is 15.3. The molecule has 7 aromatic rings. The summed E-state index contributed by atoms with van der Waals surface area (Å²) in [6, 6.07) is 30.3. The maximum atomic E-state index is 5.47. The molecule has 0 saturated carbocycles. The summed E-state index contributed by atoms with van der Waals surface area (Å²) in [7, 11) is 18.4. The Morgan fingerprint density at radius 3 is 1.35 bits per heavy atom. The smallest absolute Gasteiger partial charge is 0.146 e. The van der Waals surface area contributed by atoms with Crippen LogP contribution in [0, 0.1) is 0 Å². The normalized spacial score (nSPS) is 11.5. The largest absolute Gasteiger partial charge is 0.292 e. The van der Waals surface area contributed by atoms with Crippen LogP contribution in [-0.2, 0) is 0 Å². The molecule has 0 aliphatic heterocycles. The van der Waals surface area contributed by atoms with Crippen molar-refractivity contribution in [3.05, 3.63) is 84.9 Å². The maximum absolute atomic E-state index is 5.47. The second-order valence-electron chi connectivity index (χ2n) is 12.2. The van der Waals surface area contributed by atoms with E-state index in [2.05, 4.69) is 152 Å². The van der Waals surface area contributed by atoms with E-state index in [1.165, 1.54) is 81.9 Å². The van der Waals surface area contributed by atoms with Gasteiger partial charge in [-0.15, -0.1) is 21.9 Å². The predicted octanol–water partition coefficient (Wildman–Crippen LogP) is -5.27. The molecule has 0 fully saturated rings. The topological polar surface area (TPSA) is 17.8 Å². The van der Waals surface area contributed by atoms with Gasteiger partial charge in [0.2, 0.25) is 0 Å². The van der Waals surface area contributed by atoms with Crippen LogP contribution in [-0.4, -0.2) is 72.3 Å². The Morgan fingerprint density at radius 1 is 0.419 bits per heavy atom. The molecule has 0 spiro atoms. The van der Waals surface area contributed by atoms with Gasteiger partial charge in [-0.3, -0.25) is 4.57 Å². The summed E-state index contributed by atoms with van der Waals surface area (Å²) < 4.78 is 2.37. The molecule has 0 atom stereocenters. The van der Waals surface area contributed by atoms with Crippen LogP contribution < -0.4 is 43.7 Å². The number of imidazole rings is 1. The molecule has 0 bridgehead atoms. The van der Waals surface area contributed by atoms with Gasteiger partial charge in [0.05, 0.1) is 11.0 Å². The Balaban J connectivity index is 1.86. The number of nitrogens with zero attached hydrogens (tertiary/aromatic N) is 2. The standard InChI is InChI=1S/C33H30B8N2/c34-25-20-19(15-9-3-1-4-10-15)21-23(28(37)32(41)30(39)26(21)35)24(22(20)27(36)31(40)29(25)38)33-42-17-13-7-8-14-18(17)43(33)16-11-5-2-6-12-16/h1-14H,34-41H2. The third kappa shape index (κ3) is 3.95. The number of fused-ring (bicyclic) bond motifs is 3. The lowest BCUT2D eigenvalue weighted by Gasteiger charge is -2.28. The highest BCUT2D eigenvalue weighted by Crippen LogP contribution is 2.41. The van der Waals surface area contributed by atoms with Crippen LogP contribution in [0.2, 0.25) is 0 Å². The summed E-state index contributed by atoms with van der Waals surface area (Å²) in [6.07, 6.45) is 0. The van der Waals surface area contributed by atoms with E-state index in [0.717, 1.165) is 22.5 Å². The molecule has 0 N–H and O–H groups in total. The van der Waals surface area contributed by atoms with Gasteiger partial charge in [0.1, 0.15) is 68.6 Å². The van der Waals surface area contributed by atoms with Gasteiger partial charge >= 0.3 is 0 Å². The molecule has 7 rings (SSSR count). The van der Waals surface area contributed by atoms with Crippen LogP contribution in [0.4, 0.5) is 0 Å². The first-order chi connectivity index (χ1) is 20.7. The van der Waals surface area contributed by atoms with E-state index < -0.39 is 0 Å². The average Bonchev–Trinajstić information content (AvgIpc) is 3.43. The van der Waals surface area contributed by atoms with Crippen molar-refractivity contribution in [3.8, 4) is 28.2 Å². The van der Waals surface area contributed by atoms with Crippen LogP contribution in [0.15, 0.2) is 84.9 Å². The van der Waals surface area contributed by atoms with E-state index in [1.807, 2.05) is 0 Å². The second kappa shape index (κ2) is 10.2. The number of hydrogen-bond acceptors (Lipinski definition) is 1. The molecule has 1 heterocycles. The lowest BCUT2D eigenvalue weighted by Crippen LogP contribution is -2.50. The van der Waals surface area contributed by atoms with Crippen LogP contribution in [0.3, 0.4) is 0 Å². The molecule has 0 aliphatic rings. The minimum atomic E-state index is 0.999. The van der Waals surface area contributed by atoms with Crippen molar-refractivity contribution >= 4 is 139 Å². The summed E-state index contributed by atoms with van der Waals surface area (Å²) in [5.41, 5.74) is 17.9. The Bertz CT molecular complexity index is 2180. The highest BCUT2D eigenvalue weighted by molar-refractivity contribution is 6.71. The zero-order chi connectivity index (χ0) is 30.2. The highest BCUT2D eigenvalue weighted by atomic mass is 15.1. The number of aromatic nitrogens is 2. The fraction of sp³-hybridized carbons (Fsp3) is 0. The quantitative estimate of drug-likeness (QED) is 0.162. The van der Waals surface area contributed by atoms with Crippen molar-refractivity contribution in [2.24, 2.45) is 0 Å². The second-order valence-corrected chi connectivity index (χ2v) is 12.2. The SMILES string of the molecule is Bc1c(B)c(B)c2c(-c3nc4ccccc4n3-c3ccccc3)c3c(B)c(B)c(B)c(B)c3c(-c3ccccc3)c2c1B. The number of para-hydroxylation sites is 3. The lowest BCUT2D eigenvalue weighted by molar-refractivity contribution is 1.11. The Kier molecular flexibility index (Phi) is 6.58. The van der Waals surface area contributed by atoms with E-state index in [1.54, 1.807) is 0 Å². The summed E-state index contributed by atoms with van der Waals surface area (Å²) >= 11 is 0. The van der Waals surface area contributed by atoms with Gasteiger partial charge in [-0.1, -0.05) is 82.5 Å². The molecule has 0 aliphatic carbocycles. The zero-order valence-corrected chi connectivity index (χ0v) is 26.5. The van der Waals surface area contributed by atoms with Crippen molar-refractivity contribution in [2.75, 3.05) is 0 Å². The van der Waals surface area contributed by atoms with E-state index in [4.69, 9.17) is 4.98 Å². The third-order valence-corrected chi connectivity index (χ3v) is 10.2. The monoisotopic (exact) mass is 542 g/mol. The molecule has 0 radical (unpaired) electrons. The number of hydrogen-bond donors (Lipinski definition) is 0. The van der Waals surface area contributed by atoms with Gasteiger partial charge in [-0.05, 0) is 56.9 Å². The Morgan fingerprint density at radius 2 is 0.837 bits per heavy atom. The minimum Gasteiger partial charge on any atom is -0.292 e. The van der Waals surface area contributed by atoms with Crippen molar-refractivity contribution in [1.29, 1.82) is 0 Å². The van der Waals surface area contributed by atoms with E-state index in [-0.39, 0.29) is 0 Å². The van der Waals surface area contributed by atoms with Gasteiger partial charge in [0, 0.05) is 11.3 Å². The van der Waals surface area contributed by atoms with Gasteiger partial charge in [0.25, 0.3) is 0 Å². The summed E-state index contributed by atoms with van der Waals surface area (Å²) in [5.74, 6) is 0.999. The molecule has 0 amide bonds. The van der Waals surface area contributed by atoms with Crippen LogP contribution in [0.25, 0.3) is 60.8 Å². The average molecular weight is 541 g/mol. The van der Waals surface area contributed by atoms with Crippen LogP contribution >= 0.6 is 0 Å². The fourth-order valence-electron chi connectivity index (χ4n) is 7.27. The molecule has 0 saturated heterocycles. The molecule has 196 valence electrons. The zero-order valence-electron chi connectivity index (χ0n) is 26.5. The Labute approximate surface area is 261 Å². The van der Waals surface area contributed by atoms with E-state index >= 15 is 0 Å². The van der Waals surface area contributed by atoms with Gasteiger partial charge in [-0.2, -0.15) is 0 Å². The van der Waals surface area contributed by atoms with E-state index in [9.17, 15) is 0 Å². The van der Waals surface area contributed by atoms with E-state index in [0.29, 0.717) is 0 Å². The molecule has 2 nitrogen and oxygen atoms in total. The Hall–Kier alpha value is -4.17. The van der Waals surface area contributed by atoms with Crippen LogP contribution in [0.5, 0.6) is 0 Å². The van der Waals surface area contributed by atoms with Crippen molar-refractivity contribution in [3.63, 3.8) is 0 Å². The summed E-state index contributed by atoms with van der Waals surface area (Å²) in [4.78, 5) is 5.47. The van der Waals surface area contributed by atoms with Gasteiger partial charge < -0.3 is 0 Å². The molecule has 1 aromatic heterocycles. The molecular formula is C33H30B8N2. The third-order valence-electron chi connectivity index (χ3n) is 10.2. The summed E-state index contributed by atoms with van der Waals surface area (Å²) in [5, 5.41) is 5.30. The van der Waals surface area contributed by atoms with Crippen molar-refractivity contribution in [2.45, 2.75) is 0 Å². The van der Waals surface area contributed by atoms with Crippen molar-refractivity contribution in [1.82, 2.24) is 9.55 Å². The minimum absolute atomic E-state index is 0.999. The molecule has 6 aromatic carbocycles. The van der Waals surface area contributed by atoms with Gasteiger partial charge in [-0.25, -0.2) is 4.98 Å². The fourth-order valence-corrected chi connectivity index (χ4v) is 7.27.